The molecular formula is C11H9FN4O. The molecule has 0 unspecified atom stereocenters. The van der Waals surface area contributed by atoms with Crippen molar-refractivity contribution in [3.8, 4) is 0 Å². The van der Waals surface area contributed by atoms with E-state index < -0.39 is 5.95 Å². The third kappa shape index (κ3) is 3.04. The van der Waals surface area contributed by atoms with Gasteiger partial charge >= 0.3 is 0 Å². The van der Waals surface area contributed by atoms with Gasteiger partial charge in [0.25, 0.3) is 5.91 Å². The Labute approximate surface area is 96.8 Å². The maximum Gasteiger partial charge on any atom is 0.251 e. The van der Waals surface area contributed by atoms with Crippen LogP contribution >= 0.6 is 0 Å². The predicted molar refractivity (Wildman–Crippen MR) is 57.4 cm³/mol. The SMILES string of the molecule is O=C(NCc1ccncn1)c1ccnc(F)c1. The van der Waals surface area contributed by atoms with Crippen LogP contribution in [-0.4, -0.2) is 20.9 Å². The van der Waals surface area contributed by atoms with Gasteiger partial charge in [0.2, 0.25) is 5.95 Å². The number of carbonyl (C=O) groups is 1. The second-order valence-corrected chi connectivity index (χ2v) is 3.25. The van der Waals surface area contributed by atoms with Crippen molar-refractivity contribution >= 4 is 5.91 Å². The summed E-state index contributed by atoms with van der Waals surface area (Å²) in [6, 6.07) is 4.21. The molecule has 0 saturated heterocycles. The number of hydrogen-bond acceptors (Lipinski definition) is 4. The second-order valence-electron chi connectivity index (χ2n) is 3.25. The van der Waals surface area contributed by atoms with E-state index in [0.29, 0.717) is 5.69 Å². The van der Waals surface area contributed by atoms with Crippen LogP contribution in [0.5, 0.6) is 0 Å². The van der Waals surface area contributed by atoms with Crippen LogP contribution in [0.3, 0.4) is 0 Å². The highest BCUT2D eigenvalue weighted by Gasteiger charge is 2.06. The van der Waals surface area contributed by atoms with E-state index >= 15 is 0 Å². The van der Waals surface area contributed by atoms with Crippen LogP contribution in [0, 0.1) is 5.95 Å². The van der Waals surface area contributed by atoms with Gasteiger partial charge in [0.05, 0.1) is 12.2 Å². The van der Waals surface area contributed by atoms with Crippen LogP contribution in [0.1, 0.15) is 16.1 Å². The molecule has 6 heteroatoms. The summed E-state index contributed by atoms with van der Waals surface area (Å²) in [6.45, 7) is 0.269. The fraction of sp³-hybridized carbons (Fsp3) is 0.0909. The number of halogens is 1. The standard InChI is InChI=1S/C11H9FN4O/c12-10-5-8(1-4-14-10)11(17)15-6-9-2-3-13-7-16-9/h1-5,7H,6H2,(H,15,17). The van der Waals surface area contributed by atoms with E-state index in [4.69, 9.17) is 0 Å². The molecule has 2 aromatic rings. The molecule has 0 radical (unpaired) electrons. The lowest BCUT2D eigenvalue weighted by Gasteiger charge is -2.04. The molecule has 2 rings (SSSR count). The minimum atomic E-state index is -0.681. The minimum absolute atomic E-state index is 0.228. The van der Waals surface area contributed by atoms with Gasteiger partial charge in [-0.15, -0.1) is 0 Å². The van der Waals surface area contributed by atoms with E-state index in [0.717, 1.165) is 6.07 Å². The van der Waals surface area contributed by atoms with E-state index in [-0.39, 0.29) is 18.0 Å². The average Bonchev–Trinajstić information content (AvgIpc) is 2.37. The molecule has 1 N–H and O–H groups in total. The maximum absolute atomic E-state index is 12.8. The summed E-state index contributed by atoms with van der Waals surface area (Å²) < 4.78 is 12.8. The van der Waals surface area contributed by atoms with Crippen LogP contribution in [0.25, 0.3) is 0 Å². The summed E-state index contributed by atoms with van der Waals surface area (Å²) in [5.74, 6) is -1.05. The van der Waals surface area contributed by atoms with Gasteiger partial charge in [-0.2, -0.15) is 4.39 Å². The summed E-state index contributed by atoms with van der Waals surface area (Å²) in [6.07, 6.45) is 4.23. The Hall–Kier alpha value is -2.37. The first-order valence-corrected chi connectivity index (χ1v) is 4.90. The number of nitrogens with zero attached hydrogens (tertiary/aromatic N) is 3. The largest absolute Gasteiger partial charge is 0.346 e. The molecule has 0 saturated carbocycles. The smallest absolute Gasteiger partial charge is 0.251 e. The van der Waals surface area contributed by atoms with Gasteiger partial charge in [-0.05, 0) is 12.1 Å². The van der Waals surface area contributed by atoms with Crippen molar-refractivity contribution in [3.63, 3.8) is 0 Å². The Kier molecular flexibility index (Phi) is 3.34. The molecule has 0 fully saturated rings. The molecule has 0 spiro atoms. The third-order valence-corrected chi connectivity index (χ3v) is 2.06. The lowest BCUT2D eigenvalue weighted by Crippen LogP contribution is -2.23. The molecular weight excluding hydrogens is 223 g/mol. The Morgan fingerprint density at radius 3 is 2.88 bits per heavy atom. The molecule has 2 heterocycles. The number of rotatable bonds is 3. The lowest BCUT2D eigenvalue weighted by atomic mass is 10.2. The molecule has 0 aromatic carbocycles. The molecule has 0 aliphatic heterocycles. The van der Waals surface area contributed by atoms with Gasteiger partial charge in [0.1, 0.15) is 6.33 Å². The average molecular weight is 232 g/mol. The number of aromatic nitrogens is 3. The highest BCUT2D eigenvalue weighted by Crippen LogP contribution is 2.00. The lowest BCUT2D eigenvalue weighted by molar-refractivity contribution is 0.0949. The number of nitrogens with one attached hydrogen (secondary N) is 1. The number of hydrogen-bond donors (Lipinski definition) is 1. The van der Waals surface area contributed by atoms with Gasteiger partial charge < -0.3 is 5.32 Å². The van der Waals surface area contributed by atoms with Crippen molar-refractivity contribution in [3.05, 3.63) is 54.1 Å². The normalized spacial score (nSPS) is 9.94. The van der Waals surface area contributed by atoms with Crippen LogP contribution in [0.15, 0.2) is 36.9 Å². The molecule has 2 aromatic heterocycles. The zero-order valence-electron chi connectivity index (χ0n) is 8.80. The van der Waals surface area contributed by atoms with Crippen molar-refractivity contribution in [1.82, 2.24) is 20.3 Å². The van der Waals surface area contributed by atoms with Gasteiger partial charge in [0.15, 0.2) is 0 Å². The van der Waals surface area contributed by atoms with Gasteiger partial charge in [0, 0.05) is 24.0 Å². The van der Waals surface area contributed by atoms with Crippen molar-refractivity contribution in [2.45, 2.75) is 6.54 Å². The summed E-state index contributed by atoms with van der Waals surface area (Å²) >= 11 is 0. The molecule has 5 nitrogen and oxygen atoms in total. The first-order chi connectivity index (χ1) is 8.25. The van der Waals surface area contributed by atoms with Gasteiger partial charge in [-0.25, -0.2) is 15.0 Å². The van der Waals surface area contributed by atoms with Crippen molar-refractivity contribution in [2.75, 3.05) is 0 Å². The minimum Gasteiger partial charge on any atom is -0.346 e. The summed E-state index contributed by atoms with van der Waals surface area (Å²) in [7, 11) is 0. The van der Waals surface area contributed by atoms with Crippen LogP contribution in [-0.2, 0) is 6.54 Å². The quantitative estimate of drug-likeness (QED) is 0.800. The van der Waals surface area contributed by atoms with Crippen molar-refractivity contribution < 1.29 is 9.18 Å². The molecule has 1 amide bonds. The zero-order chi connectivity index (χ0) is 12.1. The summed E-state index contributed by atoms with van der Waals surface area (Å²) in [4.78, 5) is 22.7. The number of amides is 1. The topological polar surface area (TPSA) is 67.8 Å². The molecule has 0 atom stereocenters. The molecule has 0 aliphatic carbocycles. The van der Waals surface area contributed by atoms with E-state index in [1.165, 1.54) is 18.6 Å². The van der Waals surface area contributed by atoms with E-state index in [1.54, 1.807) is 12.3 Å². The Morgan fingerprint density at radius 2 is 2.18 bits per heavy atom. The molecule has 0 bridgehead atoms. The number of carbonyl (C=O) groups excluding carboxylic acids is 1. The van der Waals surface area contributed by atoms with Crippen LogP contribution in [0.2, 0.25) is 0 Å². The van der Waals surface area contributed by atoms with E-state index in [9.17, 15) is 9.18 Å². The zero-order valence-corrected chi connectivity index (χ0v) is 8.80. The molecule has 86 valence electrons. The van der Waals surface area contributed by atoms with Crippen molar-refractivity contribution in [2.24, 2.45) is 0 Å². The third-order valence-electron chi connectivity index (χ3n) is 2.06. The molecule has 0 aliphatic rings. The van der Waals surface area contributed by atoms with Crippen LogP contribution < -0.4 is 5.32 Å². The van der Waals surface area contributed by atoms with E-state index in [1.807, 2.05) is 0 Å². The Morgan fingerprint density at radius 1 is 1.29 bits per heavy atom. The monoisotopic (exact) mass is 232 g/mol. The first kappa shape index (κ1) is 11.1. The summed E-state index contributed by atoms with van der Waals surface area (Å²) in [5.41, 5.74) is 0.912. The maximum atomic E-state index is 12.8. The molecule has 17 heavy (non-hydrogen) atoms. The van der Waals surface area contributed by atoms with Gasteiger partial charge in [-0.3, -0.25) is 4.79 Å². The van der Waals surface area contributed by atoms with Gasteiger partial charge in [-0.1, -0.05) is 0 Å². The fourth-order valence-electron chi connectivity index (χ4n) is 1.24. The predicted octanol–water partition coefficient (Wildman–Crippen LogP) is 0.941. The highest BCUT2D eigenvalue weighted by molar-refractivity contribution is 5.93. The van der Waals surface area contributed by atoms with Crippen molar-refractivity contribution in [1.29, 1.82) is 0 Å². The van der Waals surface area contributed by atoms with Crippen LogP contribution in [0.4, 0.5) is 4.39 Å². The van der Waals surface area contributed by atoms with E-state index in [2.05, 4.69) is 20.3 Å². The highest BCUT2D eigenvalue weighted by atomic mass is 19.1. The Bertz CT molecular complexity index is 518. The fourth-order valence-corrected chi connectivity index (χ4v) is 1.24. The first-order valence-electron chi connectivity index (χ1n) is 4.90. The number of pyridine rings is 1. The summed E-state index contributed by atoms with van der Waals surface area (Å²) in [5, 5.41) is 2.62. The second kappa shape index (κ2) is 5.11. The Balaban J connectivity index is 1.98.